The van der Waals surface area contributed by atoms with E-state index in [-0.39, 0.29) is 5.88 Å². The van der Waals surface area contributed by atoms with E-state index in [0.717, 1.165) is 5.56 Å². The topological polar surface area (TPSA) is 93.5 Å². The van der Waals surface area contributed by atoms with Crippen LogP contribution in [0.3, 0.4) is 0 Å². The van der Waals surface area contributed by atoms with Gasteiger partial charge in [-0.05, 0) is 33.3 Å². The summed E-state index contributed by atoms with van der Waals surface area (Å²) in [5.74, 6) is -0.294. The van der Waals surface area contributed by atoms with Gasteiger partial charge in [-0.3, -0.25) is 5.32 Å². The highest BCUT2D eigenvalue weighted by molar-refractivity contribution is 5.91. The first-order chi connectivity index (χ1) is 11.7. The minimum atomic E-state index is -0.828. The average molecular weight is 345 g/mol. The number of nitrogens with zero attached hydrogens (tertiary/aromatic N) is 1. The molecule has 0 radical (unpaired) electrons. The van der Waals surface area contributed by atoms with E-state index in [0.29, 0.717) is 12.1 Å². The van der Waals surface area contributed by atoms with Gasteiger partial charge in [0.25, 0.3) is 0 Å². The number of ether oxygens (including phenoxy) is 1. The van der Waals surface area contributed by atoms with Crippen LogP contribution in [0.15, 0.2) is 40.9 Å². The first kappa shape index (κ1) is 18.5. The first-order valence-electron chi connectivity index (χ1n) is 8.00. The van der Waals surface area contributed by atoms with Crippen molar-refractivity contribution >= 4 is 17.9 Å². The second-order valence-electron chi connectivity index (χ2n) is 6.71. The molecule has 7 heteroatoms. The van der Waals surface area contributed by atoms with E-state index < -0.39 is 23.6 Å². The normalized spacial score (nSPS) is 12.3. The molecular weight excluding hydrogens is 322 g/mol. The molecule has 0 spiro atoms. The Labute approximate surface area is 146 Å². The van der Waals surface area contributed by atoms with Crippen LogP contribution in [-0.2, 0) is 16.0 Å². The molecule has 7 nitrogen and oxygen atoms in total. The molecule has 0 aliphatic carbocycles. The molecule has 1 atom stereocenters. The third-order valence-electron chi connectivity index (χ3n) is 3.14. The third-order valence-corrected chi connectivity index (χ3v) is 3.14. The zero-order valence-corrected chi connectivity index (χ0v) is 14.8. The fourth-order valence-corrected chi connectivity index (χ4v) is 2.14. The maximum absolute atomic E-state index is 12.5. The van der Waals surface area contributed by atoms with E-state index in [1.165, 1.54) is 0 Å². The SMILES string of the molecule is Cc1cc(NC(=O)N[C@H](Cc2ccccc2)C(=O)OC(C)(C)C)on1. The van der Waals surface area contributed by atoms with E-state index in [9.17, 15) is 9.59 Å². The molecule has 0 saturated carbocycles. The molecule has 1 heterocycles. The van der Waals surface area contributed by atoms with Gasteiger partial charge in [0.05, 0.1) is 5.69 Å². The van der Waals surface area contributed by atoms with Crippen LogP contribution in [0.5, 0.6) is 0 Å². The Morgan fingerprint density at radius 1 is 1.24 bits per heavy atom. The highest BCUT2D eigenvalue weighted by Gasteiger charge is 2.27. The van der Waals surface area contributed by atoms with Crippen LogP contribution < -0.4 is 10.6 Å². The number of anilines is 1. The summed E-state index contributed by atoms with van der Waals surface area (Å²) in [6.45, 7) is 7.08. The van der Waals surface area contributed by atoms with Crippen molar-refractivity contribution in [2.75, 3.05) is 5.32 Å². The minimum Gasteiger partial charge on any atom is -0.458 e. The lowest BCUT2D eigenvalue weighted by atomic mass is 10.1. The Balaban J connectivity index is 2.07. The largest absolute Gasteiger partial charge is 0.458 e. The van der Waals surface area contributed by atoms with Crippen LogP contribution in [0.4, 0.5) is 10.7 Å². The summed E-state index contributed by atoms with van der Waals surface area (Å²) in [6, 6.07) is 9.59. The van der Waals surface area contributed by atoms with Crippen LogP contribution >= 0.6 is 0 Å². The summed E-state index contributed by atoms with van der Waals surface area (Å²) in [6.07, 6.45) is 0.318. The predicted molar refractivity (Wildman–Crippen MR) is 93.2 cm³/mol. The number of amides is 2. The number of aryl methyl sites for hydroxylation is 1. The molecule has 2 amide bonds. The molecule has 0 aliphatic heterocycles. The van der Waals surface area contributed by atoms with Crippen molar-refractivity contribution in [3.63, 3.8) is 0 Å². The summed E-state index contributed by atoms with van der Waals surface area (Å²) in [4.78, 5) is 24.6. The van der Waals surface area contributed by atoms with Gasteiger partial charge in [-0.15, -0.1) is 0 Å². The predicted octanol–water partition coefficient (Wildman–Crippen LogP) is 3.06. The van der Waals surface area contributed by atoms with Crippen LogP contribution in [0, 0.1) is 6.92 Å². The first-order valence-corrected chi connectivity index (χ1v) is 8.00. The Hall–Kier alpha value is -2.83. The van der Waals surface area contributed by atoms with Crippen molar-refractivity contribution in [1.82, 2.24) is 10.5 Å². The van der Waals surface area contributed by atoms with Crippen molar-refractivity contribution in [1.29, 1.82) is 0 Å². The zero-order valence-electron chi connectivity index (χ0n) is 14.8. The van der Waals surface area contributed by atoms with Crippen molar-refractivity contribution in [2.24, 2.45) is 0 Å². The highest BCUT2D eigenvalue weighted by Crippen LogP contribution is 2.12. The number of carbonyl (C=O) groups is 2. The molecule has 0 fully saturated rings. The maximum Gasteiger partial charge on any atom is 0.329 e. The molecule has 0 bridgehead atoms. The van der Waals surface area contributed by atoms with Crippen molar-refractivity contribution in [2.45, 2.75) is 45.8 Å². The van der Waals surface area contributed by atoms with E-state index in [4.69, 9.17) is 9.26 Å². The van der Waals surface area contributed by atoms with Gasteiger partial charge in [-0.1, -0.05) is 35.5 Å². The van der Waals surface area contributed by atoms with E-state index in [1.807, 2.05) is 30.3 Å². The molecule has 134 valence electrons. The zero-order chi connectivity index (χ0) is 18.4. The van der Waals surface area contributed by atoms with Gasteiger partial charge in [0.15, 0.2) is 0 Å². The quantitative estimate of drug-likeness (QED) is 0.812. The summed E-state index contributed by atoms with van der Waals surface area (Å²) in [5, 5.41) is 8.83. The molecule has 0 saturated heterocycles. The van der Waals surface area contributed by atoms with Crippen LogP contribution in [0.25, 0.3) is 0 Å². The van der Waals surface area contributed by atoms with Crippen molar-refractivity contribution in [3.8, 4) is 0 Å². The monoisotopic (exact) mass is 345 g/mol. The lowest BCUT2D eigenvalue weighted by Crippen LogP contribution is -2.47. The summed E-state index contributed by atoms with van der Waals surface area (Å²) >= 11 is 0. The van der Waals surface area contributed by atoms with Gasteiger partial charge in [0, 0.05) is 12.5 Å². The van der Waals surface area contributed by atoms with Gasteiger partial charge < -0.3 is 14.6 Å². The lowest BCUT2D eigenvalue weighted by Gasteiger charge is -2.24. The van der Waals surface area contributed by atoms with Crippen molar-refractivity contribution < 1.29 is 18.8 Å². The number of carbonyl (C=O) groups excluding carboxylic acids is 2. The van der Waals surface area contributed by atoms with E-state index in [2.05, 4.69) is 15.8 Å². The molecular formula is C18H23N3O4. The second-order valence-corrected chi connectivity index (χ2v) is 6.71. The number of hydrogen-bond donors (Lipinski definition) is 2. The number of rotatable bonds is 5. The lowest BCUT2D eigenvalue weighted by molar-refractivity contribution is -0.157. The van der Waals surface area contributed by atoms with Crippen LogP contribution in [0.2, 0.25) is 0 Å². The molecule has 2 aromatic rings. The van der Waals surface area contributed by atoms with Crippen molar-refractivity contribution in [3.05, 3.63) is 47.7 Å². The number of nitrogens with one attached hydrogen (secondary N) is 2. The Bertz CT molecular complexity index is 719. The second kappa shape index (κ2) is 7.83. The van der Waals surface area contributed by atoms with Gasteiger partial charge in [-0.25, -0.2) is 9.59 Å². The van der Waals surface area contributed by atoms with Gasteiger partial charge >= 0.3 is 12.0 Å². The van der Waals surface area contributed by atoms with E-state index in [1.54, 1.807) is 33.8 Å². The highest BCUT2D eigenvalue weighted by atomic mass is 16.6. The fraction of sp³-hybridized carbons (Fsp3) is 0.389. The summed E-state index contributed by atoms with van der Waals surface area (Å²) in [7, 11) is 0. The van der Waals surface area contributed by atoms with E-state index >= 15 is 0 Å². The molecule has 25 heavy (non-hydrogen) atoms. The molecule has 1 aromatic heterocycles. The number of benzene rings is 1. The number of esters is 1. The van der Waals surface area contributed by atoms with Gasteiger partial charge in [-0.2, -0.15) is 0 Å². The summed E-state index contributed by atoms with van der Waals surface area (Å²) < 4.78 is 10.3. The van der Waals surface area contributed by atoms with Crippen LogP contribution in [-0.4, -0.2) is 28.8 Å². The smallest absolute Gasteiger partial charge is 0.329 e. The molecule has 0 unspecified atom stereocenters. The van der Waals surface area contributed by atoms with Gasteiger partial charge in [0.2, 0.25) is 5.88 Å². The molecule has 1 aromatic carbocycles. The maximum atomic E-state index is 12.5. The number of urea groups is 1. The Morgan fingerprint density at radius 2 is 1.92 bits per heavy atom. The Kier molecular flexibility index (Phi) is 5.80. The molecule has 2 rings (SSSR count). The van der Waals surface area contributed by atoms with Crippen LogP contribution in [0.1, 0.15) is 32.0 Å². The fourth-order valence-electron chi connectivity index (χ4n) is 2.14. The molecule has 0 aliphatic rings. The third kappa shape index (κ3) is 6.29. The Morgan fingerprint density at radius 3 is 2.48 bits per heavy atom. The average Bonchev–Trinajstić information content (AvgIpc) is 2.91. The van der Waals surface area contributed by atoms with Gasteiger partial charge in [0.1, 0.15) is 11.6 Å². The summed E-state index contributed by atoms with van der Waals surface area (Å²) in [5.41, 5.74) is 0.907. The minimum absolute atomic E-state index is 0.206. The standard InChI is InChI=1S/C18H23N3O4/c1-12-10-15(25-21-12)20-17(23)19-14(16(22)24-18(2,3)4)11-13-8-6-5-7-9-13/h5-10,14H,11H2,1-4H3,(H2,19,20,23)/t14-/m1/s1. The molecule has 2 N–H and O–H groups in total. The number of aromatic nitrogens is 1. The number of hydrogen-bond acceptors (Lipinski definition) is 5.